The van der Waals surface area contributed by atoms with E-state index in [0.29, 0.717) is 92.2 Å². The third kappa shape index (κ3) is 10.8. The van der Waals surface area contributed by atoms with Gasteiger partial charge in [0.25, 0.3) is 0 Å². The molecule has 0 spiro atoms. The molecular weight excluding hydrogens is 672 g/mol. The van der Waals surface area contributed by atoms with Crippen molar-refractivity contribution in [3.05, 3.63) is 47.8 Å². The van der Waals surface area contributed by atoms with Crippen molar-refractivity contribution in [1.82, 2.24) is 9.97 Å². The number of rotatable bonds is 14. The molecule has 1 saturated heterocycles. The fourth-order valence-corrected chi connectivity index (χ4v) is 6.31. The molecular formula is C42H60N4O7. The Labute approximate surface area is 315 Å². The molecule has 0 radical (unpaired) electrons. The summed E-state index contributed by atoms with van der Waals surface area (Å²) in [4.78, 5) is 14.6. The highest BCUT2D eigenvalue weighted by molar-refractivity contribution is 5.99. The van der Waals surface area contributed by atoms with Gasteiger partial charge in [-0.15, -0.1) is 0 Å². The van der Waals surface area contributed by atoms with Crippen molar-refractivity contribution in [3.63, 3.8) is 0 Å². The molecule has 0 unspecified atom stereocenters. The van der Waals surface area contributed by atoms with Crippen LogP contribution in [-0.4, -0.2) is 102 Å². The van der Waals surface area contributed by atoms with Crippen molar-refractivity contribution < 1.29 is 33.2 Å². The van der Waals surface area contributed by atoms with Gasteiger partial charge in [-0.2, -0.15) is 0 Å². The second kappa shape index (κ2) is 21.0. The third-order valence-corrected chi connectivity index (χ3v) is 8.93. The smallest absolute Gasteiger partial charge is 0.170 e. The Morgan fingerprint density at radius 2 is 0.868 bits per heavy atom. The van der Waals surface area contributed by atoms with Crippen molar-refractivity contribution in [2.24, 2.45) is 0 Å². The summed E-state index contributed by atoms with van der Waals surface area (Å²) in [5.74, 6) is 2.97. The van der Waals surface area contributed by atoms with E-state index in [0.717, 1.165) is 93.2 Å². The Kier molecular flexibility index (Phi) is 15.9. The fraction of sp³-hybridized carbons (Fsp3) is 0.571. The summed E-state index contributed by atoms with van der Waals surface area (Å²) < 4.78 is 43.8. The predicted octanol–water partition coefficient (Wildman–Crippen LogP) is 7.93. The number of hydrogen-bond acceptors (Lipinski definition) is 11. The van der Waals surface area contributed by atoms with Crippen LogP contribution < -0.4 is 28.7 Å². The minimum absolute atomic E-state index is 0.499. The number of benzene rings is 2. The quantitative estimate of drug-likeness (QED) is 0.127. The molecule has 53 heavy (non-hydrogen) atoms. The molecule has 0 amide bonds. The minimum Gasteiger partial charge on any atom is -0.490 e. The van der Waals surface area contributed by atoms with Gasteiger partial charge in [-0.1, -0.05) is 27.7 Å². The number of aryl methyl sites for hydroxylation is 2. The van der Waals surface area contributed by atoms with Gasteiger partial charge in [0.05, 0.1) is 88.5 Å². The molecule has 11 heteroatoms. The first-order valence-corrected chi connectivity index (χ1v) is 19.6. The molecule has 1 fully saturated rings. The van der Waals surface area contributed by atoms with Crippen molar-refractivity contribution in [2.45, 2.75) is 67.2 Å². The molecule has 1 aliphatic rings. The van der Waals surface area contributed by atoms with Gasteiger partial charge in [0.2, 0.25) is 0 Å². The van der Waals surface area contributed by atoms with Gasteiger partial charge in [-0.05, 0) is 63.8 Å². The normalized spacial score (nSPS) is 15.3. The Hall–Kier alpha value is -4.06. The zero-order valence-corrected chi connectivity index (χ0v) is 32.8. The molecule has 290 valence electrons. The van der Waals surface area contributed by atoms with Gasteiger partial charge in [-0.3, -0.25) is 9.97 Å². The van der Waals surface area contributed by atoms with Crippen LogP contribution in [0.1, 0.15) is 64.8 Å². The first-order chi connectivity index (χ1) is 26.0. The highest BCUT2D eigenvalue weighted by atomic mass is 16.5. The predicted molar refractivity (Wildman–Crippen MR) is 213 cm³/mol. The zero-order valence-electron chi connectivity index (χ0n) is 32.8. The van der Waals surface area contributed by atoms with Crippen LogP contribution in [0.25, 0.3) is 21.8 Å². The molecule has 2 aromatic heterocycles. The molecule has 0 N–H and O–H groups in total. The van der Waals surface area contributed by atoms with Gasteiger partial charge < -0.3 is 43.0 Å². The lowest BCUT2D eigenvalue weighted by Crippen LogP contribution is -2.33. The summed E-state index contributed by atoms with van der Waals surface area (Å²) in [7, 11) is 0. The van der Waals surface area contributed by atoms with Gasteiger partial charge in [0.15, 0.2) is 23.0 Å². The van der Waals surface area contributed by atoms with Gasteiger partial charge in [0, 0.05) is 60.5 Å². The monoisotopic (exact) mass is 732 g/mol. The molecule has 0 atom stereocenters. The first-order valence-electron chi connectivity index (χ1n) is 19.6. The van der Waals surface area contributed by atoms with E-state index in [4.69, 9.17) is 43.1 Å². The maximum Gasteiger partial charge on any atom is 0.170 e. The lowest BCUT2D eigenvalue weighted by atomic mass is 10.1. The standard InChI is InChI=1S/C42H60N4O7/c1-7-19-50-37-29-35(39-33(13-11-31(5)43-39)41(37)52-21-9-3)45-15-23-47-24-16-46(18-26-49-28-27-48-25-17-45)36-30-38(51-20-8-2)42(53-22-10-4)34-14-12-32(6)44-40(34)36/h11-14,29-30H,7-10,15-28H2,1-6H3. The second-order valence-corrected chi connectivity index (χ2v) is 13.3. The van der Waals surface area contributed by atoms with Crippen molar-refractivity contribution >= 4 is 33.2 Å². The molecule has 1 aliphatic heterocycles. The van der Waals surface area contributed by atoms with Gasteiger partial charge in [-0.25, -0.2) is 0 Å². The highest BCUT2D eigenvalue weighted by Gasteiger charge is 2.22. The summed E-state index contributed by atoms with van der Waals surface area (Å²) in [5, 5.41) is 1.89. The molecule has 4 aromatic rings. The summed E-state index contributed by atoms with van der Waals surface area (Å²) in [6, 6.07) is 12.4. The SMILES string of the molecule is CCCOc1cc(N2CCOCCOCCN(c3cc(OCCC)c(OCCC)c4ccc(C)nc34)CCOCC2)c2nc(C)ccc2c1OCCC. The van der Waals surface area contributed by atoms with E-state index in [9.17, 15) is 0 Å². The first kappa shape index (κ1) is 40.1. The number of nitrogens with zero attached hydrogens (tertiary/aromatic N) is 4. The molecule has 0 saturated carbocycles. The van der Waals surface area contributed by atoms with Crippen LogP contribution >= 0.6 is 0 Å². The Morgan fingerprint density at radius 3 is 1.25 bits per heavy atom. The lowest BCUT2D eigenvalue weighted by Gasteiger charge is -2.28. The van der Waals surface area contributed by atoms with Crippen LogP contribution in [-0.2, 0) is 14.2 Å². The average molecular weight is 733 g/mol. The fourth-order valence-electron chi connectivity index (χ4n) is 6.31. The molecule has 5 rings (SSSR count). The number of anilines is 2. The molecule has 2 aromatic carbocycles. The Morgan fingerprint density at radius 1 is 0.509 bits per heavy atom. The van der Waals surface area contributed by atoms with Crippen LogP contribution in [0, 0.1) is 13.8 Å². The highest BCUT2D eigenvalue weighted by Crippen LogP contribution is 2.43. The largest absolute Gasteiger partial charge is 0.490 e. The minimum atomic E-state index is 0.499. The van der Waals surface area contributed by atoms with Crippen LogP contribution in [0.5, 0.6) is 23.0 Å². The van der Waals surface area contributed by atoms with Crippen LogP contribution in [0.4, 0.5) is 11.4 Å². The zero-order chi connectivity index (χ0) is 37.4. The van der Waals surface area contributed by atoms with E-state index < -0.39 is 0 Å². The van der Waals surface area contributed by atoms with Gasteiger partial charge in [0.1, 0.15) is 0 Å². The summed E-state index contributed by atoms with van der Waals surface area (Å²) in [5.41, 5.74) is 5.60. The topological polar surface area (TPSA) is 96.9 Å². The van der Waals surface area contributed by atoms with Crippen molar-refractivity contribution in [3.8, 4) is 23.0 Å². The number of hydrogen-bond donors (Lipinski definition) is 0. The molecule has 0 aliphatic carbocycles. The molecule has 0 bridgehead atoms. The van der Waals surface area contributed by atoms with E-state index in [-0.39, 0.29) is 0 Å². The number of ether oxygens (including phenoxy) is 7. The molecule has 3 heterocycles. The summed E-state index contributed by atoms with van der Waals surface area (Å²) in [6.07, 6.45) is 3.59. The van der Waals surface area contributed by atoms with Crippen LogP contribution in [0.2, 0.25) is 0 Å². The molecule has 11 nitrogen and oxygen atoms in total. The third-order valence-electron chi connectivity index (χ3n) is 8.93. The van der Waals surface area contributed by atoms with E-state index in [1.807, 2.05) is 26.0 Å². The Balaban J connectivity index is 1.43. The van der Waals surface area contributed by atoms with Crippen molar-refractivity contribution in [2.75, 3.05) is 102 Å². The summed E-state index contributed by atoms with van der Waals surface area (Å²) in [6.45, 7) is 20.6. The second-order valence-electron chi connectivity index (χ2n) is 13.3. The summed E-state index contributed by atoms with van der Waals surface area (Å²) >= 11 is 0. The van der Waals surface area contributed by atoms with Crippen LogP contribution in [0.3, 0.4) is 0 Å². The van der Waals surface area contributed by atoms with Crippen LogP contribution in [0.15, 0.2) is 36.4 Å². The number of pyridine rings is 2. The number of fused-ring (bicyclic) bond motifs is 2. The van der Waals surface area contributed by atoms with E-state index in [1.54, 1.807) is 0 Å². The van der Waals surface area contributed by atoms with Gasteiger partial charge >= 0.3 is 0 Å². The average Bonchev–Trinajstić information content (AvgIpc) is 3.17. The lowest BCUT2D eigenvalue weighted by molar-refractivity contribution is 0.0530. The maximum atomic E-state index is 6.41. The van der Waals surface area contributed by atoms with Crippen molar-refractivity contribution in [1.29, 1.82) is 0 Å². The number of aromatic nitrogens is 2. The van der Waals surface area contributed by atoms with E-state index >= 15 is 0 Å². The maximum absolute atomic E-state index is 6.41. The van der Waals surface area contributed by atoms with E-state index in [2.05, 4.69) is 61.8 Å². The van der Waals surface area contributed by atoms with E-state index in [1.165, 1.54) is 0 Å². The Bertz CT molecular complexity index is 1610.